The predicted octanol–water partition coefficient (Wildman–Crippen LogP) is 3.20. The van der Waals surface area contributed by atoms with Crippen LogP contribution >= 0.6 is 0 Å². The van der Waals surface area contributed by atoms with Gasteiger partial charge in [0.1, 0.15) is 0 Å². The van der Waals surface area contributed by atoms with Crippen LogP contribution in [0, 0.1) is 11.3 Å². The summed E-state index contributed by atoms with van der Waals surface area (Å²) in [5.74, 6) is 0.0198. The number of carbonyl (C=O) groups excluding carboxylic acids is 2. The van der Waals surface area contributed by atoms with E-state index < -0.39 is 0 Å². The summed E-state index contributed by atoms with van der Waals surface area (Å²) < 4.78 is 0. The highest BCUT2D eigenvalue weighted by molar-refractivity contribution is 5.99. The molecule has 3 nitrogen and oxygen atoms in total. The Balaban J connectivity index is 1.90. The third kappa shape index (κ3) is 3.47. The van der Waals surface area contributed by atoms with Crippen molar-refractivity contribution in [2.24, 2.45) is 11.3 Å². The quantitative estimate of drug-likeness (QED) is 0.856. The minimum atomic E-state index is -0.0347. The topological polar surface area (TPSA) is 46.2 Å². The molecular formula is C17H23NO2. The number of carbonyl (C=O) groups is 2. The van der Waals surface area contributed by atoms with Crippen LogP contribution in [0.15, 0.2) is 30.3 Å². The lowest BCUT2D eigenvalue weighted by atomic mass is 9.68. The Morgan fingerprint density at radius 3 is 2.55 bits per heavy atom. The Morgan fingerprint density at radius 2 is 1.90 bits per heavy atom. The lowest BCUT2D eigenvalue weighted by Gasteiger charge is -2.37. The van der Waals surface area contributed by atoms with Crippen molar-refractivity contribution in [2.45, 2.75) is 39.5 Å². The largest absolute Gasteiger partial charge is 0.348 e. The molecule has 20 heavy (non-hydrogen) atoms. The zero-order valence-corrected chi connectivity index (χ0v) is 12.3. The van der Waals surface area contributed by atoms with Crippen LogP contribution in [0.4, 0.5) is 0 Å². The molecule has 1 aliphatic carbocycles. The predicted molar refractivity (Wildman–Crippen MR) is 79.5 cm³/mol. The van der Waals surface area contributed by atoms with Crippen molar-refractivity contribution in [3.05, 3.63) is 35.9 Å². The average molecular weight is 273 g/mol. The molecule has 1 unspecified atom stereocenters. The summed E-state index contributed by atoms with van der Waals surface area (Å²) in [6.45, 7) is 4.39. The van der Waals surface area contributed by atoms with Crippen LogP contribution in [-0.4, -0.2) is 18.2 Å². The molecule has 1 atom stereocenters. The molecule has 2 rings (SSSR count). The van der Waals surface area contributed by atoms with Crippen LogP contribution in [0.2, 0.25) is 0 Å². The first-order valence-corrected chi connectivity index (χ1v) is 7.37. The van der Waals surface area contributed by atoms with Gasteiger partial charge in [-0.05, 0) is 18.3 Å². The number of Topliss-reactive ketones (excluding diaryl/α,β-unsaturated/α-hetero) is 1. The zero-order chi connectivity index (χ0) is 14.6. The van der Waals surface area contributed by atoms with Crippen molar-refractivity contribution >= 4 is 11.7 Å². The summed E-state index contributed by atoms with van der Waals surface area (Å²) in [4.78, 5) is 24.3. The number of hydrogen-bond acceptors (Lipinski definition) is 2. The molecule has 0 aromatic heterocycles. The fourth-order valence-electron chi connectivity index (χ4n) is 3.00. The molecule has 108 valence electrons. The molecule has 1 aliphatic rings. The van der Waals surface area contributed by atoms with Gasteiger partial charge in [-0.15, -0.1) is 0 Å². The van der Waals surface area contributed by atoms with Crippen LogP contribution in [0.3, 0.4) is 0 Å². The van der Waals surface area contributed by atoms with Gasteiger partial charge in [-0.1, -0.05) is 57.0 Å². The van der Waals surface area contributed by atoms with E-state index in [0.29, 0.717) is 5.56 Å². The van der Waals surface area contributed by atoms with Crippen molar-refractivity contribution in [3.8, 4) is 0 Å². The van der Waals surface area contributed by atoms with E-state index in [0.717, 1.165) is 19.3 Å². The highest BCUT2D eigenvalue weighted by Gasteiger charge is 2.37. The monoisotopic (exact) mass is 273 g/mol. The van der Waals surface area contributed by atoms with Crippen LogP contribution < -0.4 is 5.32 Å². The van der Waals surface area contributed by atoms with Crippen molar-refractivity contribution in [3.63, 3.8) is 0 Å². The maximum atomic E-state index is 12.3. The summed E-state index contributed by atoms with van der Waals surface area (Å²) in [6, 6.07) is 9.09. The molecule has 1 saturated carbocycles. The molecular weight excluding hydrogens is 250 g/mol. The Morgan fingerprint density at radius 1 is 1.20 bits per heavy atom. The lowest BCUT2D eigenvalue weighted by molar-refractivity contribution is -0.130. The van der Waals surface area contributed by atoms with Crippen molar-refractivity contribution < 1.29 is 9.59 Å². The third-order valence-corrected chi connectivity index (χ3v) is 4.34. The second-order valence-electron chi connectivity index (χ2n) is 6.29. The first kappa shape index (κ1) is 14.8. The molecule has 0 saturated heterocycles. The molecule has 0 aliphatic heterocycles. The molecule has 1 aromatic rings. The Kier molecular flexibility index (Phi) is 4.58. The molecule has 0 bridgehead atoms. The normalized spacial score (nSPS) is 21.2. The van der Waals surface area contributed by atoms with E-state index in [1.54, 1.807) is 12.1 Å². The minimum absolute atomic E-state index is 0.0268. The second kappa shape index (κ2) is 6.21. The molecule has 1 fully saturated rings. The molecule has 0 heterocycles. The fraction of sp³-hybridized carbons (Fsp3) is 0.529. The highest BCUT2D eigenvalue weighted by atomic mass is 16.2. The van der Waals surface area contributed by atoms with E-state index in [9.17, 15) is 9.59 Å². The van der Waals surface area contributed by atoms with Crippen molar-refractivity contribution in [1.82, 2.24) is 5.32 Å². The van der Waals surface area contributed by atoms with Crippen molar-refractivity contribution in [2.75, 3.05) is 6.54 Å². The number of ketones is 1. The van der Waals surface area contributed by atoms with Crippen LogP contribution in [0.1, 0.15) is 49.9 Å². The van der Waals surface area contributed by atoms with E-state index in [-0.39, 0.29) is 29.6 Å². The lowest BCUT2D eigenvalue weighted by Crippen LogP contribution is -2.42. The molecule has 0 radical (unpaired) electrons. The van der Waals surface area contributed by atoms with Crippen molar-refractivity contribution in [1.29, 1.82) is 0 Å². The maximum Gasteiger partial charge on any atom is 0.224 e. The van der Waals surface area contributed by atoms with Gasteiger partial charge in [0.15, 0.2) is 5.78 Å². The third-order valence-electron chi connectivity index (χ3n) is 4.34. The summed E-state index contributed by atoms with van der Waals surface area (Å²) in [5.41, 5.74) is 0.689. The first-order valence-electron chi connectivity index (χ1n) is 7.37. The molecule has 1 N–H and O–H groups in total. The van der Waals surface area contributed by atoms with E-state index >= 15 is 0 Å². The summed E-state index contributed by atoms with van der Waals surface area (Å²) in [5, 5.41) is 2.82. The van der Waals surface area contributed by atoms with Gasteiger partial charge >= 0.3 is 0 Å². The Hall–Kier alpha value is -1.64. The number of nitrogens with one attached hydrogen (secondary N) is 1. The van der Waals surface area contributed by atoms with Crippen LogP contribution in [0.25, 0.3) is 0 Å². The summed E-state index contributed by atoms with van der Waals surface area (Å²) >= 11 is 0. The zero-order valence-electron chi connectivity index (χ0n) is 12.3. The SMILES string of the molecule is CC1(C)CCCCC1C(=O)NCC(=O)c1ccccc1. The summed E-state index contributed by atoms with van der Waals surface area (Å²) in [7, 11) is 0. The Labute approximate surface area is 120 Å². The van der Waals surface area contributed by atoms with Gasteiger partial charge in [0.05, 0.1) is 6.54 Å². The van der Waals surface area contributed by atoms with Gasteiger partial charge in [-0.3, -0.25) is 9.59 Å². The number of rotatable bonds is 4. The van der Waals surface area contributed by atoms with E-state index in [1.807, 2.05) is 18.2 Å². The van der Waals surface area contributed by atoms with Gasteiger partial charge in [-0.25, -0.2) is 0 Å². The van der Waals surface area contributed by atoms with E-state index in [4.69, 9.17) is 0 Å². The van der Waals surface area contributed by atoms with Gasteiger partial charge in [0, 0.05) is 11.5 Å². The molecule has 3 heteroatoms. The van der Waals surface area contributed by atoms with Gasteiger partial charge < -0.3 is 5.32 Å². The average Bonchev–Trinajstić information content (AvgIpc) is 2.45. The highest BCUT2D eigenvalue weighted by Crippen LogP contribution is 2.40. The van der Waals surface area contributed by atoms with Gasteiger partial charge in [0.25, 0.3) is 0 Å². The molecule has 1 amide bonds. The summed E-state index contributed by atoms with van der Waals surface area (Å²) in [6.07, 6.45) is 4.31. The van der Waals surface area contributed by atoms with E-state index in [2.05, 4.69) is 19.2 Å². The second-order valence-corrected chi connectivity index (χ2v) is 6.29. The molecule has 1 aromatic carbocycles. The minimum Gasteiger partial charge on any atom is -0.348 e. The molecule has 0 spiro atoms. The first-order chi connectivity index (χ1) is 9.50. The number of hydrogen-bond donors (Lipinski definition) is 1. The Bertz CT molecular complexity index is 479. The maximum absolute atomic E-state index is 12.3. The number of amides is 1. The smallest absolute Gasteiger partial charge is 0.224 e. The van der Waals surface area contributed by atoms with Crippen LogP contribution in [-0.2, 0) is 4.79 Å². The standard InChI is InChI=1S/C17H23NO2/c1-17(2)11-7-6-10-14(17)16(20)18-12-15(19)13-8-4-3-5-9-13/h3-5,8-9,14H,6-7,10-12H2,1-2H3,(H,18,20). The van der Waals surface area contributed by atoms with Crippen LogP contribution in [0.5, 0.6) is 0 Å². The van der Waals surface area contributed by atoms with Gasteiger partial charge in [-0.2, -0.15) is 0 Å². The van der Waals surface area contributed by atoms with E-state index in [1.165, 1.54) is 6.42 Å². The fourth-order valence-corrected chi connectivity index (χ4v) is 3.00. The van der Waals surface area contributed by atoms with Gasteiger partial charge in [0.2, 0.25) is 5.91 Å². The number of benzene rings is 1.